The van der Waals surface area contributed by atoms with E-state index in [2.05, 4.69) is 10.6 Å². The number of hydrogen-bond donors (Lipinski definition) is 3. The topological polar surface area (TPSA) is 94.0 Å². The predicted octanol–water partition coefficient (Wildman–Crippen LogP) is 0.962. The molecule has 1 rings (SSSR count). The lowest BCUT2D eigenvalue weighted by molar-refractivity contribution is -0.116. The number of rotatable bonds is 3. The van der Waals surface area contributed by atoms with Crippen LogP contribution >= 0.6 is 0 Å². The number of imide groups is 1. The summed E-state index contributed by atoms with van der Waals surface area (Å²) in [6.45, 7) is 0. The lowest BCUT2D eigenvalue weighted by Crippen LogP contribution is -2.35. The molecule has 3 amide bonds. The van der Waals surface area contributed by atoms with Gasteiger partial charge in [-0.3, -0.25) is 10.1 Å². The Morgan fingerprint density at radius 3 is 2.50 bits per heavy atom. The normalized spacial score (nSPS) is 10.1. The zero-order chi connectivity index (χ0) is 13.4. The lowest BCUT2D eigenvalue weighted by Gasteiger charge is -2.05. The molecule has 6 heteroatoms. The standard InChI is InChI=1S/C12H12N4O2/c1-14-8-9(7-13)11(17)16-12(18)15-10-5-3-2-4-6-10/h2-6,8,14H,1H3,(H2,15,16,17,18)/b9-8+. The highest BCUT2D eigenvalue weighted by atomic mass is 16.2. The molecule has 0 saturated carbocycles. The van der Waals surface area contributed by atoms with Crippen molar-refractivity contribution in [2.45, 2.75) is 0 Å². The molecule has 0 radical (unpaired) electrons. The largest absolute Gasteiger partial charge is 0.393 e. The van der Waals surface area contributed by atoms with Crippen molar-refractivity contribution in [3.63, 3.8) is 0 Å². The third-order valence-corrected chi connectivity index (χ3v) is 1.91. The van der Waals surface area contributed by atoms with Gasteiger partial charge < -0.3 is 10.6 Å². The first-order valence-electron chi connectivity index (χ1n) is 5.12. The number of anilines is 1. The van der Waals surface area contributed by atoms with Crippen molar-refractivity contribution in [1.82, 2.24) is 10.6 Å². The van der Waals surface area contributed by atoms with E-state index in [-0.39, 0.29) is 5.57 Å². The van der Waals surface area contributed by atoms with Crippen LogP contribution < -0.4 is 16.0 Å². The summed E-state index contributed by atoms with van der Waals surface area (Å²) < 4.78 is 0. The predicted molar refractivity (Wildman–Crippen MR) is 66.4 cm³/mol. The maximum absolute atomic E-state index is 11.5. The summed E-state index contributed by atoms with van der Waals surface area (Å²) in [6, 6.07) is 9.65. The number of nitrogens with zero attached hydrogens (tertiary/aromatic N) is 1. The van der Waals surface area contributed by atoms with E-state index in [9.17, 15) is 9.59 Å². The van der Waals surface area contributed by atoms with Gasteiger partial charge in [0.1, 0.15) is 11.6 Å². The molecule has 0 aliphatic heterocycles. The molecular formula is C12H12N4O2. The lowest BCUT2D eigenvalue weighted by atomic mass is 10.3. The van der Waals surface area contributed by atoms with Crippen LogP contribution in [0.4, 0.5) is 10.5 Å². The van der Waals surface area contributed by atoms with Crippen molar-refractivity contribution < 1.29 is 9.59 Å². The van der Waals surface area contributed by atoms with Crippen molar-refractivity contribution >= 4 is 17.6 Å². The highest BCUT2D eigenvalue weighted by Gasteiger charge is 2.12. The zero-order valence-electron chi connectivity index (χ0n) is 9.73. The minimum Gasteiger partial charge on any atom is -0.393 e. The second-order valence-corrected chi connectivity index (χ2v) is 3.23. The van der Waals surface area contributed by atoms with Crippen LogP contribution in [0.15, 0.2) is 42.1 Å². The summed E-state index contributed by atoms with van der Waals surface area (Å²) in [4.78, 5) is 22.9. The SMILES string of the molecule is CN/C=C(\C#N)C(=O)NC(=O)Nc1ccccc1. The minimum absolute atomic E-state index is 0.180. The van der Waals surface area contributed by atoms with Gasteiger partial charge in [0.05, 0.1) is 0 Å². The summed E-state index contributed by atoms with van der Waals surface area (Å²) in [5.74, 6) is -0.764. The van der Waals surface area contributed by atoms with Gasteiger partial charge in [0.15, 0.2) is 0 Å². The number of nitrogens with one attached hydrogen (secondary N) is 3. The highest BCUT2D eigenvalue weighted by molar-refractivity contribution is 6.09. The maximum atomic E-state index is 11.5. The van der Waals surface area contributed by atoms with Gasteiger partial charge in [-0.25, -0.2) is 4.79 Å². The Bertz CT molecular complexity index is 503. The second kappa shape index (κ2) is 6.70. The van der Waals surface area contributed by atoms with E-state index in [1.165, 1.54) is 6.20 Å². The molecule has 18 heavy (non-hydrogen) atoms. The van der Waals surface area contributed by atoms with E-state index in [1.54, 1.807) is 43.4 Å². The van der Waals surface area contributed by atoms with Gasteiger partial charge in [0, 0.05) is 18.9 Å². The van der Waals surface area contributed by atoms with Gasteiger partial charge in [-0.2, -0.15) is 5.26 Å². The summed E-state index contributed by atoms with van der Waals surface area (Å²) in [5, 5.41) is 15.7. The molecule has 0 atom stereocenters. The van der Waals surface area contributed by atoms with Crippen molar-refractivity contribution in [3.8, 4) is 6.07 Å². The van der Waals surface area contributed by atoms with Gasteiger partial charge >= 0.3 is 6.03 Å². The second-order valence-electron chi connectivity index (χ2n) is 3.23. The third-order valence-electron chi connectivity index (χ3n) is 1.91. The third kappa shape index (κ3) is 3.98. The van der Waals surface area contributed by atoms with E-state index >= 15 is 0 Å². The fourth-order valence-corrected chi connectivity index (χ4v) is 1.15. The zero-order valence-corrected chi connectivity index (χ0v) is 9.73. The monoisotopic (exact) mass is 244 g/mol. The fourth-order valence-electron chi connectivity index (χ4n) is 1.15. The average Bonchev–Trinajstić information content (AvgIpc) is 2.36. The Labute approximate surface area is 104 Å². The maximum Gasteiger partial charge on any atom is 0.326 e. The Morgan fingerprint density at radius 2 is 1.94 bits per heavy atom. The van der Waals surface area contributed by atoms with E-state index in [0.29, 0.717) is 5.69 Å². The van der Waals surface area contributed by atoms with Gasteiger partial charge in [0.25, 0.3) is 5.91 Å². The molecule has 1 aromatic rings. The number of carbonyl (C=O) groups is 2. The van der Waals surface area contributed by atoms with Crippen LogP contribution in [0.3, 0.4) is 0 Å². The van der Waals surface area contributed by atoms with Crippen molar-refractivity contribution in [3.05, 3.63) is 42.1 Å². The van der Waals surface area contributed by atoms with Gasteiger partial charge in [-0.15, -0.1) is 0 Å². The molecule has 1 aromatic carbocycles. The first-order chi connectivity index (χ1) is 8.67. The highest BCUT2D eigenvalue weighted by Crippen LogP contribution is 2.04. The summed E-state index contributed by atoms with van der Waals surface area (Å²) in [7, 11) is 1.55. The number of hydrogen-bond acceptors (Lipinski definition) is 4. The van der Waals surface area contributed by atoms with E-state index in [0.717, 1.165) is 0 Å². The van der Waals surface area contributed by atoms with Gasteiger partial charge in [-0.1, -0.05) is 18.2 Å². The number of para-hydroxylation sites is 1. The molecule has 0 spiro atoms. The molecule has 0 aliphatic rings. The van der Waals surface area contributed by atoms with Crippen LogP contribution in [0, 0.1) is 11.3 Å². The molecular weight excluding hydrogens is 232 g/mol. The molecule has 0 aromatic heterocycles. The smallest absolute Gasteiger partial charge is 0.326 e. The first-order valence-corrected chi connectivity index (χ1v) is 5.12. The number of carbonyl (C=O) groups excluding carboxylic acids is 2. The Balaban J connectivity index is 2.58. The van der Waals surface area contributed by atoms with Gasteiger partial charge in [0.2, 0.25) is 0 Å². The summed E-state index contributed by atoms with van der Waals surface area (Å²) in [5.41, 5.74) is 0.375. The van der Waals surface area contributed by atoms with Crippen LogP contribution in [0.5, 0.6) is 0 Å². The van der Waals surface area contributed by atoms with Crippen molar-refractivity contribution in [1.29, 1.82) is 5.26 Å². The van der Waals surface area contributed by atoms with Crippen molar-refractivity contribution in [2.75, 3.05) is 12.4 Å². The number of nitriles is 1. The Kier molecular flexibility index (Phi) is 4.94. The molecule has 3 N–H and O–H groups in total. The molecule has 0 bridgehead atoms. The van der Waals surface area contributed by atoms with Crippen LogP contribution in [0.2, 0.25) is 0 Å². The van der Waals surface area contributed by atoms with E-state index in [4.69, 9.17) is 5.26 Å². The molecule has 92 valence electrons. The number of urea groups is 1. The quantitative estimate of drug-likeness (QED) is 0.545. The van der Waals surface area contributed by atoms with Crippen LogP contribution in [0.1, 0.15) is 0 Å². The Hall–Kier alpha value is -2.81. The van der Waals surface area contributed by atoms with Crippen molar-refractivity contribution in [2.24, 2.45) is 0 Å². The molecule has 0 saturated heterocycles. The van der Waals surface area contributed by atoms with Crippen LogP contribution in [-0.2, 0) is 4.79 Å². The van der Waals surface area contributed by atoms with E-state index < -0.39 is 11.9 Å². The number of benzene rings is 1. The number of amides is 3. The summed E-state index contributed by atoms with van der Waals surface area (Å²) in [6.07, 6.45) is 1.21. The molecule has 0 fully saturated rings. The molecule has 0 heterocycles. The van der Waals surface area contributed by atoms with Crippen LogP contribution in [0.25, 0.3) is 0 Å². The first kappa shape index (κ1) is 13.3. The molecule has 0 aliphatic carbocycles. The summed E-state index contributed by atoms with van der Waals surface area (Å²) >= 11 is 0. The minimum atomic E-state index is -0.764. The Morgan fingerprint density at radius 1 is 1.28 bits per heavy atom. The molecule has 0 unspecified atom stereocenters. The van der Waals surface area contributed by atoms with Crippen LogP contribution in [-0.4, -0.2) is 19.0 Å². The molecule has 6 nitrogen and oxygen atoms in total. The average molecular weight is 244 g/mol. The fraction of sp³-hybridized carbons (Fsp3) is 0.0833. The van der Waals surface area contributed by atoms with E-state index in [1.807, 2.05) is 5.32 Å². The van der Waals surface area contributed by atoms with Gasteiger partial charge in [-0.05, 0) is 12.1 Å².